The summed E-state index contributed by atoms with van der Waals surface area (Å²) in [6, 6.07) is 17.1. The molecule has 31 heavy (non-hydrogen) atoms. The molecule has 0 unspecified atom stereocenters. The number of anilines is 4. The van der Waals surface area contributed by atoms with Gasteiger partial charge < -0.3 is 15.6 Å². The molecule has 2 heterocycles. The van der Waals surface area contributed by atoms with Gasteiger partial charge in [0.25, 0.3) is 0 Å². The van der Waals surface area contributed by atoms with Crippen LogP contribution < -0.4 is 15.4 Å². The molecule has 0 saturated carbocycles. The Morgan fingerprint density at radius 1 is 1.03 bits per heavy atom. The lowest BCUT2D eigenvalue weighted by molar-refractivity contribution is 0.607. The third kappa shape index (κ3) is 5.10. The van der Waals surface area contributed by atoms with E-state index in [2.05, 4.69) is 54.3 Å². The van der Waals surface area contributed by atoms with Crippen molar-refractivity contribution in [1.29, 1.82) is 0 Å². The third-order valence-electron chi connectivity index (χ3n) is 4.62. The maximum atomic E-state index is 11.5. The number of benzene rings is 2. The Balaban J connectivity index is 1.64. The van der Waals surface area contributed by atoms with Crippen molar-refractivity contribution in [2.24, 2.45) is 0 Å². The second kappa shape index (κ2) is 8.60. The van der Waals surface area contributed by atoms with Crippen molar-refractivity contribution in [2.45, 2.75) is 19.4 Å². The molecule has 0 fully saturated rings. The lowest BCUT2D eigenvalue weighted by Crippen LogP contribution is -2.12. The predicted molar refractivity (Wildman–Crippen MR) is 123 cm³/mol. The number of H-pyrrole nitrogens is 1. The summed E-state index contributed by atoms with van der Waals surface area (Å²) in [7, 11) is -3.37. The van der Waals surface area contributed by atoms with Crippen LogP contribution in [0.1, 0.15) is 24.9 Å². The van der Waals surface area contributed by atoms with Gasteiger partial charge in [-0.2, -0.15) is 9.97 Å². The second-order valence-electron chi connectivity index (χ2n) is 7.09. The molecule has 0 radical (unpaired) electrons. The van der Waals surface area contributed by atoms with Gasteiger partial charge >= 0.3 is 0 Å². The van der Waals surface area contributed by atoms with Gasteiger partial charge in [-0.3, -0.25) is 4.72 Å². The van der Waals surface area contributed by atoms with Crippen molar-refractivity contribution in [3.8, 4) is 0 Å². The average Bonchev–Trinajstić information content (AvgIpc) is 3.20. The molecule has 4 N–H and O–H groups in total. The maximum Gasteiger partial charge on any atom is 0.231 e. The number of fused-ring (bicyclic) bond motifs is 1. The summed E-state index contributed by atoms with van der Waals surface area (Å²) in [5.74, 6) is 0.966. The number of sulfonamides is 1. The summed E-state index contributed by atoms with van der Waals surface area (Å²) in [5.41, 5.74) is 3.49. The fourth-order valence-electron chi connectivity index (χ4n) is 3.27. The first-order valence-corrected chi connectivity index (χ1v) is 11.7. The fourth-order valence-corrected chi connectivity index (χ4v) is 3.82. The highest BCUT2D eigenvalue weighted by Crippen LogP contribution is 2.27. The molecule has 0 amide bonds. The number of nitrogens with zero attached hydrogens (tertiary/aromatic N) is 3. The van der Waals surface area contributed by atoms with Crippen LogP contribution in [0.2, 0.25) is 0 Å². The Morgan fingerprint density at radius 3 is 2.55 bits per heavy atom. The van der Waals surface area contributed by atoms with Gasteiger partial charge in [0.2, 0.25) is 16.0 Å². The van der Waals surface area contributed by atoms with Gasteiger partial charge in [-0.05, 0) is 30.2 Å². The van der Waals surface area contributed by atoms with E-state index in [9.17, 15) is 8.42 Å². The normalized spacial score (nSPS) is 12.5. The number of hydrogen-bond acceptors (Lipinski definition) is 7. The van der Waals surface area contributed by atoms with Crippen molar-refractivity contribution in [3.63, 3.8) is 0 Å². The SMILES string of the molecule is CC[C@H](Nc1nc(Nc2cccc(NS(C)(=O)=O)c2)nc2[nH]cnc12)c1ccccc1. The van der Waals surface area contributed by atoms with E-state index in [0.717, 1.165) is 18.2 Å². The molecular weight excluding hydrogens is 414 g/mol. The van der Waals surface area contributed by atoms with Gasteiger partial charge in [0, 0.05) is 5.69 Å². The monoisotopic (exact) mass is 437 g/mol. The number of imidazole rings is 1. The second-order valence-corrected chi connectivity index (χ2v) is 8.84. The lowest BCUT2D eigenvalue weighted by Gasteiger charge is -2.19. The molecule has 4 rings (SSSR count). The minimum Gasteiger partial charge on any atom is -0.361 e. The number of nitrogens with one attached hydrogen (secondary N) is 4. The van der Waals surface area contributed by atoms with E-state index in [-0.39, 0.29) is 6.04 Å². The van der Waals surface area contributed by atoms with Gasteiger partial charge in [0.1, 0.15) is 5.52 Å². The summed E-state index contributed by atoms with van der Waals surface area (Å²) in [6.07, 6.45) is 3.55. The molecule has 0 aliphatic rings. The average molecular weight is 438 g/mol. The Morgan fingerprint density at radius 2 is 1.81 bits per heavy atom. The predicted octanol–water partition coefficient (Wildman–Crippen LogP) is 4.03. The zero-order valence-corrected chi connectivity index (χ0v) is 17.9. The zero-order valence-electron chi connectivity index (χ0n) is 17.1. The zero-order chi connectivity index (χ0) is 21.8. The molecule has 4 aromatic rings. The molecule has 0 bridgehead atoms. The Hall–Kier alpha value is -3.66. The largest absolute Gasteiger partial charge is 0.361 e. The van der Waals surface area contributed by atoms with Crippen LogP contribution >= 0.6 is 0 Å². The van der Waals surface area contributed by atoms with Crippen molar-refractivity contribution < 1.29 is 8.42 Å². The van der Waals surface area contributed by atoms with Crippen LogP contribution in [0.5, 0.6) is 0 Å². The molecule has 0 aliphatic carbocycles. The van der Waals surface area contributed by atoms with E-state index in [1.165, 1.54) is 0 Å². The Kier molecular flexibility index (Phi) is 5.72. The molecular formula is C21H23N7O2S. The van der Waals surface area contributed by atoms with Crippen LogP contribution in [-0.4, -0.2) is 34.6 Å². The van der Waals surface area contributed by atoms with Gasteiger partial charge in [-0.25, -0.2) is 13.4 Å². The minimum atomic E-state index is -3.37. The molecule has 0 saturated heterocycles. The maximum absolute atomic E-state index is 11.5. The molecule has 10 heteroatoms. The highest BCUT2D eigenvalue weighted by Gasteiger charge is 2.15. The molecule has 160 valence electrons. The van der Waals surface area contributed by atoms with Crippen LogP contribution in [0.4, 0.5) is 23.1 Å². The standard InChI is InChI=1S/C21H23N7O2S/c1-3-17(14-8-5-4-6-9-14)25-20-18-19(23-13-22-18)26-21(27-20)24-15-10-7-11-16(12-15)28-31(2,29)30/h4-13,17,28H,3H2,1-2H3,(H3,22,23,24,25,26,27)/t17-/m0/s1. The molecule has 2 aromatic carbocycles. The number of aromatic amines is 1. The summed E-state index contributed by atoms with van der Waals surface area (Å²) in [4.78, 5) is 16.5. The first-order chi connectivity index (χ1) is 14.9. The van der Waals surface area contributed by atoms with Gasteiger partial charge in [0.15, 0.2) is 11.5 Å². The highest BCUT2D eigenvalue weighted by atomic mass is 32.2. The van der Waals surface area contributed by atoms with Crippen LogP contribution in [-0.2, 0) is 10.0 Å². The fraction of sp³-hybridized carbons (Fsp3) is 0.190. The van der Waals surface area contributed by atoms with Crippen molar-refractivity contribution in [2.75, 3.05) is 21.6 Å². The first kappa shape index (κ1) is 20.6. The number of hydrogen-bond donors (Lipinski definition) is 4. The van der Waals surface area contributed by atoms with Crippen LogP contribution in [0, 0.1) is 0 Å². The van der Waals surface area contributed by atoms with Crippen LogP contribution in [0.3, 0.4) is 0 Å². The van der Waals surface area contributed by atoms with Crippen molar-refractivity contribution >= 4 is 44.3 Å². The molecule has 0 spiro atoms. The van der Waals surface area contributed by atoms with E-state index in [0.29, 0.717) is 34.3 Å². The third-order valence-corrected chi connectivity index (χ3v) is 5.23. The van der Waals surface area contributed by atoms with E-state index in [4.69, 9.17) is 0 Å². The van der Waals surface area contributed by atoms with E-state index >= 15 is 0 Å². The number of aromatic nitrogens is 4. The van der Waals surface area contributed by atoms with Crippen LogP contribution in [0.25, 0.3) is 11.2 Å². The smallest absolute Gasteiger partial charge is 0.231 e. The highest BCUT2D eigenvalue weighted by molar-refractivity contribution is 7.92. The van der Waals surface area contributed by atoms with Gasteiger partial charge in [-0.15, -0.1) is 0 Å². The van der Waals surface area contributed by atoms with Crippen LogP contribution in [0.15, 0.2) is 60.9 Å². The summed E-state index contributed by atoms with van der Waals surface area (Å²) in [5, 5.41) is 6.62. The minimum absolute atomic E-state index is 0.0612. The first-order valence-electron chi connectivity index (χ1n) is 9.79. The molecule has 1 atom stereocenters. The van der Waals surface area contributed by atoms with Crippen molar-refractivity contribution in [1.82, 2.24) is 19.9 Å². The molecule has 2 aromatic heterocycles. The van der Waals surface area contributed by atoms with Gasteiger partial charge in [0.05, 0.1) is 24.3 Å². The number of rotatable bonds is 8. The Bertz CT molecular complexity index is 1290. The van der Waals surface area contributed by atoms with E-state index in [1.807, 2.05) is 18.2 Å². The van der Waals surface area contributed by atoms with Gasteiger partial charge in [-0.1, -0.05) is 43.3 Å². The summed E-state index contributed by atoms with van der Waals surface area (Å²) >= 11 is 0. The quantitative estimate of drug-likeness (QED) is 0.328. The van der Waals surface area contributed by atoms with Crippen molar-refractivity contribution in [3.05, 3.63) is 66.5 Å². The molecule has 9 nitrogen and oxygen atoms in total. The summed E-state index contributed by atoms with van der Waals surface area (Å²) in [6.45, 7) is 2.10. The molecule has 0 aliphatic heterocycles. The lowest BCUT2D eigenvalue weighted by atomic mass is 10.0. The van der Waals surface area contributed by atoms with E-state index in [1.54, 1.807) is 30.6 Å². The Labute approximate surface area is 180 Å². The van der Waals surface area contributed by atoms with E-state index < -0.39 is 10.0 Å². The topological polar surface area (TPSA) is 125 Å². The summed E-state index contributed by atoms with van der Waals surface area (Å²) < 4.78 is 25.5.